The van der Waals surface area contributed by atoms with E-state index in [1.54, 1.807) is 6.92 Å². The molecule has 0 N–H and O–H groups in total. The minimum Gasteiger partial charge on any atom is -0.296 e. The number of Topliss-reactive ketones (excluding diaryl/α,β-unsaturated/α-hetero) is 1. The van der Waals surface area contributed by atoms with Gasteiger partial charge in [0.25, 0.3) is 0 Å². The van der Waals surface area contributed by atoms with Gasteiger partial charge in [-0.15, -0.1) is 0 Å². The first-order chi connectivity index (χ1) is 3.72. The zero-order valence-electron chi connectivity index (χ0n) is 4.86. The summed E-state index contributed by atoms with van der Waals surface area (Å²) < 4.78 is 12.2. The normalized spacial score (nSPS) is 38.5. The molecular weight excluding hydrogens is 107 g/mol. The monoisotopic (exact) mass is 116 g/mol. The molecule has 0 aromatic rings. The van der Waals surface area contributed by atoms with Gasteiger partial charge in [0.05, 0.1) is 0 Å². The first-order valence-corrected chi connectivity index (χ1v) is 2.89. The molecule has 1 aliphatic rings. The molecule has 2 atom stereocenters. The third kappa shape index (κ3) is 0.746. The van der Waals surface area contributed by atoms with Crippen LogP contribution < -0.4 is 0 Å². The van der Waals surface area contributed by atoms with Gasteiger partial charge in [0.2, 0.25) is 0 Å². The minimum atomic E-state index is -1.15. The van der Waals surface area contributed by atoms with Crippen LogP contribution in [0.25, 0.3) is 0 Å². The predicted molar refractivity (Wildman–Crippen MR) is 28.3 cm³/mol. The van der Waals surface area contributed by atoms with Crippen LogP contribution in [0, 0.1) is 5.92 Å². The van der Waals surface area contributed by atoms with Crippen LogP contribution in [-0.2, 0) is 4.79 Å². The van der Waals surface area contributed by atoms with Gasteiger partial charge < -0.3 is 0 Å². The molecule has 0 radical (unpaired) electrons. The van der Waals surface area contributed by atoms with Crippen molar-refractivity contribution < 1.29 is 9.18 Å². The van der Waals surface area contributed by atoms with Crippen LogP contribution in [0.15, 0.2) is 0 Å². The number of halogens is 1. The third-order valence-corrected chi connectivity index (χ3v) is 1.65. The molecule has 1 saturated carbocycles. The second kappa shape index (κ2) is 1.84. The second-order valence-corrected chi connectivity index (χ2v) is 2.35. The third-order valence-electron chi connectivity index (χ3n) is 1.65. The highest BCUT2D eigenvalue weighted by atomic mass is 19.1. The number of carbonyl (C=O) groups is 1. The van der Waals surface area contributed by atoms with Crippen molar-refractivity contribution in [3.05, 3.63) is 0 Å². The number of hydrogen-bond donors (Lipinski definition) is 0. The van der Waals surface area contributed by atoms with Crippen LogP contribution in [0.5, 0.6) is 0 Å². The number of alkyl halides is 1. The summed E-state index contributed by atoms with van der Waals surface area (Å²) in [7, 11) is 0. The maximum absolute atomic E-state index is 12.2. The molecule has 0 bridgehead atoms. The van der Waals surface area contributed by atoms with Gasteiger partial charge in [-0.1, -0.05) is 6.92 Å². The molecular formula is C6H9FO. The zero-order valence-corrected chi connectivity index (χ0v) is 4.86. The molecule has 0 aromatic carbocycles. The molecule has 0 amide bonds. The highest BCUT2D eigenvalue weighted by molar-refractivity contribution is 5.86. The highest BCUT2D eigenvalue weighted by Crippen LogP contribution is 2.22. The van der Waals surface area contributed by atoms with E-state index in [1.807, 2.05) is 0 Å². The number of rotatable bonds is 0. The summed E-state index contributed by atoms with van der Waals surface area (Å²) in [5.74, 6) is -0.227. The average Bonchev–Trinajstić information content (AvgIpc) is 1.98. The van der Waals surface area contributed by atoms with Gasteiger partial charge >= 0.3 is 0 Å². The first-order valence-electron chi connectivity index (χ1n) is 2.89. The van der Waals surface area contributed by atoms with Crippen molar-refractivity contribution in [1.82, 2.24) is 0 Å². The Labute approximate surface area is 47.9 Å². The summed E-state index contributed by atoms with van der Waals surface area (Å²) in [4.78, 5) is 10.5. The largest absolute Gasteiger partial charge is 0.296 e. The second-order valence-electron chi connectivity index (χ2n) is 2.35. The van der Waals surface area contributed by atoms with Crippen molar-refractivity contribution in [1.29, 1.82) is 0 Å². The summed E-state index contributed by atoms with van der Waals surface area (Å²) in [5.41, 5.74) is 0. The van der Waals surface area contributed by atoms with E-state index in [0.29, 0.717) is 6.42 Å². The van der Waals surface area contributed by atoms with E-state index < -0.39 is 6.17 Å². The summed E-state index contributed by atoms with van der Waals surface area (Å²) in [6.45, 7) is 1.78. The maximum atomic E-state index is 12.2. The van der Waals surface area contributed by atoms with E-state index in [2.05, 4.69) is 0 Å². The van der Waals surface area contributed by atoms with Crippen molar-refractivity contribution >= 4 is 5.78 Å². The van der Waals surface area contributed by atoms with Gasteiger partial charge in [0.15, 0.2) is 12.0 Å². The fourth-order valence-electron chi connectivity index (χ4n) is 0.990. The Bertz CT molecular complexity index is 99.1. The predicted octanol–water partition coefficient (Wildman–Crippen LogP) is 1.32. The molecule has 1 fully saturated rings. The van der Waals surface area contributed by atoms with Gasteiger partial charge in [-0.05, 0) is 12.8 Å². The SMILES string of the molecule is C[C@H]1CC[C@H](F)C1=O. The van der Waals surface area contributed by atoms with Crippen molar-refractivity contribution in [2.45, 2.75) is 25.9 Å². The van der Waals surface area contributed by atoms with E-state index in [4.69, 9.17) is 0 Å². The Morgan fingerprint density at radius 1 is 1.62 bits per heavy atom. The molecule has 0 unspecified atom stereocenters. The summed E-state index contributed by atoms with van der Waals surface area (Å²) in [5, 5.41) is 0. The maximum Gasteiger partial charge on any atom is 0.169 e. The Morgan fingerprint density at radius 3 is 2.38 bits per heavy atom. The van der Waals surface area contributed by atoms with Crippen molar-refractivity contribution in [3.8, 4) is 0 Å². The van der Waals surface area contributed by atoms with Crippen LogP contribution in [0.3, 0.4) is 0 Å². The van der Waals surface area contributed by atoms with Crippen LogP contribution >= 0.6 is 0 Å². The molecule has 46 valence electrons. The molecule has 0 heterocycles. The smallest absolute Gasteiger partial charge is 0.169 e. The van der Waals surface area contributed by atoms with Gasteiger partial charge in [-0.2, -0.15) is 0 Å². The summed E-state index contributed by atoms with van der Waals surface area (Å²) >= 11 is 0. The fraction of sp³-hybridized carbons (Fsp3) is 0.833. The zero-order chi connectivity index (χ0) is 6.15. The Hall–Kier alpha value is -0.400. The van der Waals surface area contributed by atoms with E-state index in [-0.39, 0.29) is 11.7 Å². The van der Waals surface area contributed by atoms with Crippen LogP contribution in [0.1, 0.15) is 19.8 Å². The lowest BCUT2D eigenvalue weighted by molar-refractivity contribution is -0.124. The average molecular weight is 116 g/mol. The van der Waals surface area contributed by atoms with E-state index in [1.165, 1.54) is 0 Å². The first kappa shape index (κ1) is 5.73. The molecule has 0 spiro atoms. The quantitative estimate of drug-likeness (QED) is 0.466. The lowest BCUT2D eigenvalue weighted by atomic mass is 10.1. The lowest BCUT2D eigenvalue weighted by Gasteiger charge is -1.93. The minimum absolute atomic E-state index is 0.0231. The topological polar surface area (TPSA) is 17.1 Å². The summed E-state index contributed by atoms with van der Waals surface area (Å²) in [6.07, 6.45) is 0.0324. The Morgan fingerprint density at radius 2 is 2.25 bits per heavy atom. The Kier molecular flexibility index (Phi) is 1.32. The summed E-state index contributed by atoms with van der Waals surface area (Å²) in [6, 6.07) is 0. The fourth-order valence-corrected chi connectivity index (χ4v) is 0.990. The van der Waals surface area contributed by atoms with Crippen molar-refractivity contribution in [2.75, 3.05) is 0 Å². The highest BCUT2D eigenvalue weighted by Gasteiger charge is 2.30. The van der Waals surface area contributed by atoms with E-state index in [9.17, 15) is 9.18 Å². The molecule has 0 saturated heterocycles. The Balaban J connectivity index is 2.57. The molecule has 0 aromatic heterocycles. The van der Waals surface area contributed by atoms with Crippen LogP contribution in [-0.4, -0.2) is 12.0 Å². The molecule has 0 aliphatic heterocycles. The molecule has 1 rings (SSSR count). The van der Waals surface area contributed by atoms with Gasteiger partial charge in [0.1, 0.15) is 0 Å². The number of ketones is 1. The van der Waals surface area contributed by atoms with Crippen LogP contribution in [0.4, 0.5) is 4.39 Å². The standard InChI is InChI=1S/C6H9FO/c1-4-2-3-5(7)6(4)8/h4-5H,2-3H2,1H3/t4-,5-/m0/s1. The van der Waals surface area contributed by atoms with E-state index in [0.717, 1.165) is 6.42 Å². The molecule has 1 nitrogen and oxygen atoms in total. The molecule has 2 heteroatoms. The van der Waals surface area contributed by atoms with Gasteiger partial charge in [-0.25, -0.2) is 4.39 Å². The number of carbonyl (C=O) groups excluding carboxylic acids is 1. The van der Waals surface area contributed by atoms with Gasteiger partial charge in [0, 0.05) is 5.92 Å². The van der Waals surface area contributed by atoms with E-state index >= 15 is 0 Å². The van der Waals surface area contributed by atoms with Crippen LogP contribution in [0.2, 0.25) is 0 Å². The van der Waals surface area contributed by atoms with Crippen molar-refractivity contribution in [2.24, 2.45) is 5.92 Å². The molecule has 8 heavy (non-hydrogen) atoms. The lowest BCUT2D eigenvalue weighted by Crippen LogP contribution is -2.11. The van der Waals surface area contributed by atoms with Crippen molar-refractivity contribution in [3.63, 3.8) is 0 Å². The molecule has 1 aliphatic carbocycles. The van der Waals surface area contributed by atoms with Gasteiger partial charge in [-0.3, -0.25) is 4.79 Å². The number of hydrogen-bond acceptors (Lipinski definition) is 1.